The fourth-order valence-electron chi connectivity index (χ4n) is 14.4. The lowest BCUT2D eigenvalue weighted by Crippen LogP contribution is -2.61. The molecule has 17 atom stereocenters. The van der Waals surface area contributed by atoms with Crippen LogP contribution in [0, 0.1) is 53.3 Å². The van der Waals surface area contributed by atoms with E-state index >= 15 is 0 Å². The summed E-state index contributed by atoms with van der Waals surface area (Å²) in [5.74, 6) is 5.56. The molecule has 11 rings (SSSR count). The first kappa shape index (κ1) is 40.1. The summed E-state index contributed by atoms with van der Waals surface area (Å²) >= 11 is 0. The molecule has 0 aromatic heterocycles. The zero-order chi connectivity index (χ0) is 40.0. The average Bonchev–Trinajstić information content (AvgIpc) is 4.02. The molecule has 8 N–H and O–H groups in total. The Labute approximate surface area is 357 Å². The normalized spacial score (nSPS) is 43.4. The van der Waals surface area contributed by atoms with Crippen molar-refractivity contribution in [1.29, 1.82) is 0 Å². The number of hydrogen-bond donors (Lipinski definition) is 8. The van der Waals surface area contributed by atoms with Gasteiger partial charge in [-0.15, -0.1) is 0 Å². The number of benzene rings is 2. The van der Waals surface area contributed by atoms with Gasteiger partial charge in [-0.05, 0) is 122 Å². The van der Waals surface area contributed by atoms with Gasteiger partial charge < -0.3 is 9.68 Å². The Morgan fingerprint density at radius 3 is 1.35 bits per heavy atom. The number of para-hydroxylation sites is 1. The standard InChI is InChI=1S/C48H71N9O3/c58-39(60-57(28-29-14-3-1-4-15-29)59-31-17-5-2-6-18-31)27-26-30-16-13-25-38-40(30)48-55-46-37-24-12-11-23-36(37)44(53-46)51-42-33-20-8-7-19-32(33)41(49-42)50-43-34-21-9-10-22-35(34)45(52-43)54-47(38)56-48/h1-6,14-15,17-18,30,32-38,40-56H,7-13,16,19-28H2. The fraction of sp³-hybridized carbons (Fsp3) is 0.729. The Bertz CT molecular complexity index is 1700. The first-order chi connectivity index (χ1) is 29.6. The minimum Gasteiger partial charge on any atom is -0.371 e. The SMILES string of the molecule is O=C(CCC1CCCC2C3NC4NC(NC5NC(NC6NC(NC(N3)C12)C1CCCCC61)C1CCCCC51)C1CCCCC41)ON(Cc1ccccc1)Oc1ccccc1. The van der Waals surface area contributed by atoms with Gasteiger partial charge in [0.1, 0.15) is 0 Å². The second kappa shape index (κ2) is 17.8. The van der Waals surface area contributed by atoms with Gasteiger partial charge in [0, 0.05) is 11.6 Å². The van der Waals surface area contributed by atoms with Crippen molar-refractivity contribution in [2.45, 2.75) is 165 Å². The summed E-state index contributed by atoms with van der Waals surface area (Å²) in [6, 6.07) is 19.6. The number of carbonyl (C=O) groups excluding carboxylic acids is 1. The minimum absolute atomic E-state index is 0.158. The van der Waals surface area contributed by atoms with Crippen LogP contribution in [0.1, 0.15) is 115 Å². The molecule has 60 heavy (non-hydrogen) atoms. The Morgan fingerprint density at radius 2 is 0.883 bits per heavy atom. The number of rotatable bonds is 8. The second-order valence-corrected chi connectivity index (χ2v) is 20.3. The molecule has 4 saturated carbocycles. The molecule has 2 aromatic rings. The molecule has 4 aliphatic carbocycles. The van der Waals surface area contributed by atoms with Crippen LogP contribution in [-0.2, 0) is 16.2 Å². The highest BCUT2D eigenvalue weighted by Crippen LogP contribution is 2.47. The maximum atomic E-state index is 13.8. The van der Waals surface area contributed by atoms with Crippen molar-refractivity contribution in [3.8, 4) is 5.75 Å². The van der Waals surface area contributed by atoms with E-state index in [1.54, 1.807) is 0 Å². The van der Waals surface area contributed by atoms with Crippen molar-refractivity contribution < 1.29 is 14.5 Å². The molecule has 8 bridgehead atoms. The highest BCUT2D eigenvalue weighted by atomic mass is 17.0. The summed E-state index contributed by atoms with van der Waals surface area (Å²) in [4.78, 5) is 25.9. The molecule has 17 unspecified atom stereocenters. The largest absolute Gasteiger partial charge is 0.371 e. The second-order valence-electron chi connectivity index (χ2n) is 20.3. The molecule has 0 spiro atoms. The van der Waals surface area contributed by atoms with Gasteiger partial charge in [-0.2, -0.15) is 0 Å². The average molecular weight is 822 g/mol. The number of carbonyl (C=O) groups is 1. The van der Waals surface area contributed by atoms with Gasteiger partial charge in [-0.25, -0.2) is 0 Å². The first-order valence-corrected chi connectivity index (χ1v) is 24.4. The van der Waals surface area contributed by atoms with E-state index in [0.29, 0.717) is 96.6 Å². The molecular weight excluding hydrogens is 751 g/mol. The third kappa shape index (κ3) is 8.18. The van der Waals surface area contributed by atoms with Crippen LogP contribution in [0.15, 0.2) is 60.7 Å². The van der Waals surface area contributed by atoms with E-state index in [4.69, 9.17) is 9.68 Å². The lowest BCUT2D eigenvalue weighted by molar-refractivity contribution is -0.303. The van der Waals surface area contributed by atoms with Crippen LogP contribution < -0.4 is 47.4 Å². The first-order valence-electron chi connectivity index (χ1n) is 24.4. The van der Waals surface area contributed by atoms with E-state index in [1.807, 2.05) is 60.7 Å². The zero-order valence-electron chi connectivity index (χ0n) is 35.5. The van der Waals surface area contributed by atoms with Gasteiger partial charge in [0.25, 0.3) is 0 Å². The maximum absolute atomic E-state index is 13.8. The van der Waals surface area contributed by atoms with Crippen molar-refractivity contribution in [2.75, 3.05) is 0 Å². The van der Waals surface area contributed by atoms with E-state index < -0.39 is 0 Å². The number of fused-ring (bicyclic) bond motifs is 20. The van der Waals surface area contributed by atoms with Crippen LogP contribution in [0.4, 0.5) is 0 Å². The van der Waals surface area contributed by atoms with Crippen LogP contribution in [-0.4, -0.2) is 60.5 Å². The van der Waals surface area contributed by atoms with Crippen molar-refractivity contribution in [3.05, 3.63) is 66.2 Å². The lowest BCUT2D eigenvalue weighted by Gasteiger charge is -2.39. The minimum atomic E-state index is -0.240. The highest BCUT2D eigenvalue weighted by molar-refractivity contribution is 5.69. The highest BCUT2D eigenvalue weighted by Gasteiger charge is 2.55. The molecule has 2 aromatic carbocycles. The Morgan fingerprint density at radius 1 is 0.483 bits per heavy atom. The van der Waals surface area contributed by atoms with Gasteiger partial charge >= 0.3 is 5.97 Å². The molecule has 326 valence electrons. The van der Waals surface area contributed by atoms with Crippen LogP contribution >= 0.6 is 0 Å². The predicted octanol–water partition coefficient (Wildman–Crippen LogP) is 5.57. The van der Waals surface area contributed by atoms with Gasteiger partial charge in [-0.3, -0.25) is 47.3 Å². The summed E-state index contributed by atoms with van der Waals surface area (Å²) in [6.07, 6.45) is 22.7. The topological polar surface area (TPSA) is 135 Å². The molecule has 5 aliphatic heterocycles. The molecule has 9 aliphatic rings. The zero-order valence-corrected chi connectivity index (χ0v) is 35.5. The summed E-state index contributed by atoms with van der Waals surface area (Å²) < 4.78 is 0. The van der Waals surface area contributed by atoms with E-state index in [9.17, 15) is 4.79 Å². The summed E-state index contributed by atoms with van der Waals surface area (Å²) in [7, 11) is 0. The van der Waals surface area contributed by atoms with Gasteiger partial charge in [-0.1, -0.05) is 99.9 Å². The molecule has 0 radical (unpaired) electrons. The Kier molecular flexibility index (Phi) is 11.9. The number of nitrogens with one attached hydrogen (secondary N) is 8. The quantitative estimate of drug-likeness (QED) is 0.159. The van der Waals surface area contributed by atoms with Crippen LogP contribution in [0.2, 0.25) is 0 Å². The van der Waals surface area contributed by atoms with E-state index in [2.05, 4.69) is 42.5 Å². The number of nitrogens with zero attached hydrogens (tertiary/aromatic N) is 1. The van der Waals surface area contributed by atoms with Crippen molar-refractivity contribution in [3.63, 3.8) is 0 Å². The molecule has 9 fully saturated rings. The van der Waals surface area contributed by atoms with Crippen LogP contribution in [0.5, 0.6) is 5.75 Å². The molecule has 0 amide bonds. The monoisotopic (exact) mass is 822 g/mol. The summed E-state index contributed by atoms with van der Waals surface area (Å²) in [5.41, 5.74) is 1.01. The van der Waals surface area contributed by atoms with Gasteiger partial charge in [0.15, 0.2) is 5.75 Å². The smallest absolute Gasteiger partial charge is 0.329 e. The maximum Gasteiger partial charge on any atom is 0.329 e. The Hall–Kier alpha value is -2.65. The number of hydrogen-bond acceptors (Lipinski definition) is 12. The van der Waals surface area contributed by atoms with Crippen LogP contribution in [0.25, 0.3) is 0 Å². The molecule has 12 heteroatoms. The van der Waals surface area contributed by atoms with Gasteiger partial charge in [0.05, 0.1) is 55.9 Å². The lowest BCUT2D eigenvalue weighted by atomic mass is 9.70. The fourth-order valence-corrected chi connectivity index (χ4v) is 14.4. The van der Waals surface area contributed by atoms with Gasteiger partial charge in [0.2, 0.25) is 0 Å². The summed E-state index contributed by atoms with van der Waals surface area (Å²) in [6.45, 7) is 0.345. The summed E-state index contributed by atoms with van der Waals surface area (Å²) in [5, 5.41) is 35.4. The Balaban J connectivity index is 0.843. The predicted molar refractivity (Wildman–Crippen MR) is 230 cm³/mol. The van der Waals surface area contributed by atoms with E-state index in [1.165, 1.54) is 95.1 Å². The van der Waals surface area contributed by atoms with Crippen LogP contribution in [0.3, 0.4) is 0 Å². The molecule has 5 saturated heterocycles. The third-order valence-electron chi connectivity index (χ3n) is 17.1. The van der Waals surface area contributed by atoms with E-state index in [0.717, 1.165) is 18.4 Å². The third-order valence-corrected chi connectivity index (χ3v) is 17.1. The van der Waals surface area contributed by atoms with Crippen molar-refractivity contribution in [2.24, 2.45) is 53.3 Å². The number of hydroxylamine groups is 2. The molecular formula is C48H71N9O3. The molecule has 12 nitrogen and oxygen atoms in total. The molecule has 5 heterocycles. The van der Waals surface area contributed by atoms with Crippen molar-refractivity contribution >= 4 is 5.97 Å². The van der Waals surface area contributed by atoms with Crippen molar-refractivity contribution in [1.82, 2.24) is 47.8 Å². The van der Waals surface area contributed by atoms with E-state index in [-0.39, 0.29) is 30.6 Å².